The van der Waals surface area contributed by atoms with Crippen molar-refractivity contribution < 1.29 is 25.6 Å². The van der Waals surface area contributed by atoms with E-state index in [0.29, 0.717) is 0 Å². The molecular weight excluding hydrogens is 1050 g/mol. The average Bonchev–Trinajstić information content (AvgIpc) is 3.89. The third kappa shape index (κ3) is 9.35. The van der Waals surface area contributed by atoms with Crippen molar-refractivity contribution in [1.29, 1.82) is 0 Å². The quantitative estimate of drug-likeness (QED) is 0.118. The van der Waals surface area contributed by atoms with Gasteiger partial charge in [-0.1, -0.05) is 123 Å². The van der Waals surface area contributed by atoms with E-state index in [9.17, 15) is 0 Å². The largest absolute Gasteiger partial charge is 0 e. The molecule has 0 saturated heterocycles. The molecule has 0 bridgehead atoms. The van der Waals surface area contributed by atoms with E-state index >= 15 is 0 Å². The molecule has 6 heteroatoms. The zero-order valence-electron chi connectivity index (χ0n) is 42.2. The Balaban J connectivity index is 0.000000219. The van der Waals surface area contributed by atoms with Crippen LogP contribution in [-0.2, 0) is 25.5 Å². The van der Waals surface area contributed by atoms with Gasteiger partial charge in [0.25, 0.3) is 0 Å². The molecule has 3 nitrogen and oxygen atoms in total. The number of rotatable bonds is 7. The average molecular weight is 1110 g/mol. The predicted octanol–water partition coefficient (Wildman–Crippen LogP) is 16.0. The van der Waals surface area contributed by atoms with E-state index in [4.69, 9.17) is 10.5 Å². The van der Waals surface area contributed by atoms with Crippen LogP contribution in [-0.4, -0.2) is 27.8 Å². The Morgan fingerprint density at radius 3 is 2.00 bits per heavy atom. The molecule has 3 aromatic heterocycles. The van der Waals surface area contributed by atoms with Crippen LogP contribution in [0.4, 0.5) is 0 Å². The van der Waals surface area contributed by atoms with Gasteiger partial charge >= 0.3 is 131 Å². The molecular formula is C59H55GeIrN3S-2. The van der Waals surface area contributed by atoms with Gasteiger partial charge in [-0.15, -0.1) is 18.2 Å². The van der Waals surface area contributed by atoms with Gasteiger partial charge in [-0.2, -0.15) is 11.3 Å². The summed E-state index contributed by atoms with van der Waals surface area (Å²) in [6.07, 6.45) is 1.91. The monoisotopic (exact) mass is 1110 g/mol. The Bertz CT molecular complexity index is 3370. The summed E-state index contributed by atoms with van der Waals surface area (Å²) in [6, 6.07) is 61.2. The molecule has 327 valence electrons. The Morgan fingerprint density at radius 2 is 1.38 bits per heavy atom. The van der Waals surface area contributed by atoms with Gasteiger partial charge in [0, 0.05) is 35.9 Å². The molecule has 0 spiro atoms. The first-order valence-corrected chi connectivity index (χ1v) is 30.1. The number of pyridine rings is 1. The van der Waals surface area contributed by atoms with Crippen LogP contribution in [0.1, 0.15) is 62.7 Å². The molecule has 0 N–H and O–H groups in total. The van der Waals surface area contributed by atoms with Gasteiger partial charge in [0.2, 0.25) is 0 Å². The van der Waals surface area contributed by atoms with Crippen LogP contribution in [0, 0.1) is 19.0 Å². The third-order valence-electron chi connectivity index (χ3n) is 11.8. The Hall–Kier alpha value is -5.43. The summed E-state index contributed by atoms with van der Waals surface area (Å²) in [5.41, 5.74) is 12.9. The molecule has 0 unspecified atom stereocenters. The van der Waals surface area contributed by atoms with Crippen molar-refractivity contribution in [3.05, 3.63) is 193 Å². The number of aryl methyl sites for hydroxylation is 1. The summed E-state index contributed by atoms with van der Waals surface area (Å²) in [7, 11) is 0. The minimum atomic E-state index is -2.14. The maximum Gasteiger partial charge on any atom is 0 e. The van der Waals surface area contributed by atoms with Crippen LogP contribution >= 0.6 is 11.3 Å². The molecule has 0 saturated carbocycles. The van der Waals surface area contributed by atoms with Crippen LogP contribution in [0.25, 0.3) is 81.8 Å². The molecule has 7 aromatic carbocycles. The minimum Gasteiger partial charge on any atom is 0 e. The van der Waals surface area contributed by atoms with Gasteiger partial charge in [-0.25, -0.2) is 0 Å². The van der Waals surface area contributed by atoms with E-state index in [-0.39, 0.29) is 31.1 Å². The summed E-state index contributed by atoms with van der Waals surface area (Å²) in [4.78, 5) is 9.93. The molecule has 1 radical (unpaired) electrons. The van der Waals surface area contributed by atoms with E-state index in [1.54, 1.807) is 12.1 Å². The van der Waals surface area contributed by atoms with Gasteiger partial charge in [-0.3, -0.25) is 4.98 Å². The van der Waals surface area contributed by atoms with Gasteiger partial charge in [-0.05, 0) is 62.5 Å². The number of aromatic nitrogens is 3. The maximum absolute atomic E-state index is 8.49. The Kier molecular flexibility index (Phi) is 11.9. The van der Waals surface area contributed by atoms with Crippen molar-refractivity contribution in [3.8, 4) is 50.6 Å². The van der Waals surface area contributed by atoms with Crippen LogP contribution < -0.4 is 4.40 Å². The van der Waals surface area contributed by atoms with Crippen LogP contribution in [0.3, 0.4) is 0 Å². The first-order chi connectivity index (χ1) is 32.3. The fraction of sp³-hybridized carbons (Fsp3) is 0.186. The molecule has 10 rings (SSSR count). The summed E-state index contributed by atoms with van der Waals surface area (Å²) in [5, 5.41) is 2.52. The molecule has 0 aliphatic carbocycles. The summed E-state index contributed by atoms with van der Waals surface area (Å²) >= 11 is -0.321. The topological polar surface area (TPSA) is 30.7 Å². The van der Waals surface area contributed by atoms with E-state index in [1.807, 2.05) is 37.4 Å². The number of thiophene rings is 1. The Morgan fingerprint density at radius 1 is 0.738 bits per heavy atom. The Labute approximate surface area is 411 Å². The predicted molar refractivity (Wildman–Crippen MR) is 278 cm³/mol. The number of hydrogen-bond donors (Lipinski definition) is 0. The third-order valence-corrected chi connectivity index (χ3v) is 17.3. The van der Waals surface area contributed by atoms with Crippen molar-refractivity contribution in [2.75, 3.05) is 0 Å². The standard InChI is InChI=1S/C41H31N2S.C18H24GeN.Ir/c1-41(2,3)29-25-33(27-15-6-4-7-16-27)38(34(26-29)28-17-8-5-9-18-28)43-36-23-12-11-22-35(36)42-40(43)32-21-14-20-31-30-19-10-13-24-37(30)44-39(31)32;1-13(2)16-11-18(15-9-7-14(3)8-10-15)20-12-17(16)19(4,5)6;/h4-20,22-26H,1-3H3;7-9,11-13H,1-6H3;/q2*-1;/i;3D3,13D;. The minimum absolute atomic E-state index is 0. The first-order valence-electron chi connectivity index (χ1n) is 23.9. The van der Waals surface area contributed by atoms with Crippen molar-refractivity contribution >= 4 is 60.2 Å². The molecule has 10 aromatic rings. The molecule has 0 amide bonds. The smallest absolute Gasteiger partial charge is 0 e. The van der Waals surface area contributed by atoms with Crippen molar-refractivity contribution in [2.24, 2.45) is 0 Å². The fourth-order valence-corrected chi connectivity index (χ4v) is 13.0. The number of fused-ring (bicyclic) bond motifs is 4. The second-order valence-electron chi connectivity index (χ2n) is 18.7. The van der Waals surface area contributed by atoms with Gasteiger partial charge in [0.05, 0.1) is 22.5 Å². The normalized spacial score (nSPS) is 13.0. The molecule has 0 fully saturated rings. The van der Waals surface area contributed by atoms with E-state index in [1.165, 1.54) is 58.5 Å². The van der Waals surface area contributed by atoms with E-state index in [0.717, 1.165) is 44.9 Å². The summed E-state index contributed by atoms with van der Waals surface area (Å²) in [6.45, 7) is 8.54. The number of para-hydroxylation sites is 2. The number of hydrogen-bond acceptors (Lipinski definition) is 3. The van der Waals surface area contributed by atoms with E-state index < -0.39 is 26.0 Å². The fourth-order valence-electron chi connectivity index (χ4n) is 8.46. The van der Waals surface area contributed by atoms with Crippen molar-refractivity contribution in [2.45, 2.75) is 70.0 Å². The molecule has 0 atom stereocenters. The second kappa shape index (κ2) is 18.8. The molecule has 0 aliphatic rings. The zero-order valence-corrected chi connectivity index (χ0v) is 43.5. The van der Waals surface area contributed by atoms with Crippen molar-refractivity contribution in [3.63, 3.8) is 0 Å². The molecule has 0 aliphatic heterocycles. The second-order valence-corrected chi connectivity index (χ2v) is 30.3. The van der Waals surface area contributed by atoms with Crippen LogP contribution in [0.2, 0.25) is 17.3 Å². The SMILES string of the molecule is CC(C)(C)c1cc(-c2ccccc2)c(-n2c(-c3[c-]ccc4c3sc3ccccc34)nc3ccccc32)c(-c2ccccc2)c1.[2H]C([2H])([2H])c1c[c-]c(-c2cc(C([2H])(C)C)[c]([Ge]([CH3])([CH3])[CH3])cn2)cc1.[Ir]. The summed E-state index contributed by atoms with van der Waals surface area (Å²) in [5.74, 6) is 7.08. The summed E-state index contributed by atoms with van der Waals surface area (Å²) < 4.78 is 36.9. The number of nitrogens with zero attached hydrogens (tertiary/aromatic N) is 3. The van der Waals surface area contributed by atoms with Crippen LogP contribution in [0.15, 0.2) is 164 Å². The molecule has 65 heavy (non-hydrogen) atoms. The zero-order chi connectivity index (χ0) is 48.2. The van der Waals surface area contributed by atoms with Gasteiger partial charge < -0.3 is 4.57 Å². The maximum atomic E-state index is 8.49. The van der Waals surface area contributed by atoms with E-state index in [2.05, 4.69) is 193 Å². The van der Waals surface area contributed by atoms with Gasteiger partial charge in [0.15, 0.2) is 0 Å². The van der Waals surface area contributed by atoms with Crippen molar-refractivity contribution in [1.82, 2.24) is 14.5 Å². The molecule has 3 heterocycles. The first kappa shape index (κ1) is 41.0. The number of benzene rings is 7. The number of imidazole rings is 1. The van der Waals surface area contributed by atoms with Crippen LogP contribution in [0.5, 0.6) is 0 Å². The van der Waals surface area contributed by atoms with Gasteiger partial charge in [0.1, 0.15) is 0 Å².